The molecular weight excluding hydrogens is 621 g/mol. The third-order valence-electron chi connectivity index (χ3n) is 5.82. The molecule has 0 saturated heterocycles. The average molecular weight is 641 g/mol. The molecule has 1 aromatic heterocycles. The zero-order valence-corrected chi connectivity index (χ0v) is 21.8. The van der Waals surface area contributed by atoms with Gasteiger partial charge in [-0.1, -0.05) is 18.2 Å². The van der Waals surface area contributed by atoms with E-state index in [1.165, 1.54) is 37.4 Å². The predicted octanol–water partition coefficient (Wildman–Crippen LogP) is 5.74. The summed E-state index contributed by atoms with van der Waals surface area (Å²) >= 11 is 1.88. The normalized spacial score (nSPS) is 12.3. The lowest BCUT2D eigenvalue weighted by Gasteiger charge is -2.21. The van der Waals surface area contributed by atoms with E-state index in [2.05, 4.69) is 10.3 Å². The molecule has 198 valence electrons. The predicted molar refractivity (Wildman–Crippen MR) is 141 cm³/mol. The first kappa shape index (κ1) is 27.2. The van der Waals surface area contributed by atoms with Crippen LogP contribution in [0.25, 0.3) is 11.3 Å². The van der Waals surface area contributed by atoms with Crippen molar-refractivity contribution in [2.75, 3.05) is 12.4 Å². The number of rotatable bonds is 7. The fraction of sp³-hybridized carbons (Fsp3) is 0.154. The van der Waals surface area contributed by atoms with Gasteiger partial charge in [-0.15, -0.1) is 0 Å². The number of nitrogens with one attached hydrogen (secondary N) is 2. The summed E-state index contributed by atoms with van der Waals surface area (Å²) in [5.41, 5.74) is -2.17. The van der Waals surface area contributed by atoms with Gasteiger partial charge in [-0.25, -0.2) is 13.8 Å². The number of ether oxygens (including phenoxy) is 1. The van der Waals surface area contributed by atoms with Crippen molar-refractivity contribution in [2.45, 2.75) is 18.6 Å². The van der Waals surface area contributed by atoms with Gasteiger partial charge in [0.15, 0.2) is 0 Å². The fourth-order valence-electron chi connectivity index (χ4n) is 3.98. The standard InChI is InChI=1S/C26H20F4IN3O4/c1-38-17-9-6-14(7-10-17)22-24(36)34(25(37)33-22)21(12-15-4-2-3-5-18(15)26(28,29)30)23(35)32-20-11-8-16(31)13-19(20)27/h2-11,13,21,36H,12H2,1H3,(H,32,35)(H,33,37). The van der Waals surface area contributed by atoms with Gasteiger partial charge in [-0.2, -0.15) is 13.2 Å². The molecule has 3 aromatic carbocycles. The molecule has 0 aliphatic carbocycles. The molecule has 1 amide bonds. The molecule has 12 heteroatoms. The van der Waals surface area contributed by atoms with Crippen molar-refractivity contribution >= 4 is 34.2 Å². The molecule has 3 N–H and O–H groups in total. The highest BCUT2D eigenvalue weighted by atomic mass is 127. The van der Waals surface area contributed by atoms with E-state index in [1.54, 1.807) is 24.3 Å². The van der Waals surface area contributed by atoms with Crippen molar-refractivity contribution in [2.24, 2.45) is 0 Å². The minimum atomic E-state index is -4.74. The van der Waals surface area contributed by atoms with Crippen molar-refractivity contribution in [3.63, 3.8) is 0 Å². The Morgan fingerprint density at radius 2 is 1.82 bits per heavy atom. The highest BCUT2D eigenvalue weighted by Crippen LogP contribution is 2.35. The number of methoxy groups -OCH3 is 1. The summed E-state index contributed by atoms with van der Waals surface area (Å²) in [5, 5.41) is 13.3. The third kappa shape index (κ3) is 5.69. The highest BCUT2D eigenvalue weighted by molar-refractivity contribution is 14.1. The van der Waals surface area contributed by atoms with E-state index >= 15 is 0 Å². The summed E-state index contributed by atoms with van der Waals surface area (Å²) in [4.78, 5) is 28.8. The van der Waals surface area contributed by atoms with Crippen LogP contribution >= 0.6 is 22.6 Å². The van der Waals surface area contributed by atoms with Gasteiger partial charge in [-0.3, -0.25) is 4.79 Å². The Labute approximate surface area is 227 Å². The number of nitrogens with zero attached hydrogens (tertiary/aromatic N) is 1. The number of aromatic amines is 1. The minimum absolute atomic E-state index is 0.0556. The molecule has 1 atom stereocenters. The lowest BCUT2D eigenvalue weighted by atomic mass is 9.99. The van der Waals surface area contributed by atoms with Crippen molar-refractivity contribution < 1.29 is 32.2 Å². The molecule has 7 nitrogen and oxygen atoms in total. The van der Waals surface area contributed by atoms with Crippen LogP contribution in [0.15, 0.2) is 71.5 Å². The summed E-state index contributed by atoms with van der Waals surface area (Å²) in [5.74, 6) is -1.94. The van der Waals surface area contributed by atoms with Crippen LogP contribution in [0.3, 0.4) is 0 Å². The summed E-state index contributed by atoms with van der Waals surface area (Å²) in [7, 11) is 1.46. The molecule has 0 radical (unpaired) electrons. The number of aromatic hydroxyl groups is 1. The maximum Gasteiger partial charge on any atom is 0.416 e. The Morgan fingerprint density at radius 1 is 1.13 bits per heavy atom. The third-order valence-corrected chi connectivity index (χ3v) is 6.49. The SMILES string of the molecule is COc1ccc(-c2[nH]c(=O)n(C(Cc3ccccc3C(F)(F)F)C(=O)Nc3ccc(I)cc3F)c2O)cc1. The molecule has 0 fully saturated rings. The van der Waals surface area contributed by atoms with E-state index in [9.17, 15) is 32.3 Å². The van der Waals surface area contributed by atoms with Crippen LogP contribution in [0.4, 0.5) is 23.2 Å². The first-order valence-corrected chi connectivity index (χ1v) is 12.2. The van der Waals surface area contributed by atoms with Gasteiger partial charge in [0.1, 0.15) is 23.3 Å². The van der Waals surface area contributed by atoms with Crippen molar-refractivity contribution in [1.29, 1.82) is 0 Å². The number of benzene rings is 3. The fourth-order valence-corrected chi connectivity index (χ4v) is 4.43. The van der Waals surface area contributed by atoms with Crippen LogP contribution in [0.1, 0.15) is 17.2 Å². The average Bonchev–Trinajstić information content (AvgIpc) is 3.17. The van der Waals surface area contributed by atoms with Crippen LogP contribution in [0, 0.1) is 9.39 Å². The molecule has 0 bridgehead atoms. The zero-order valence-electron chi connectivity index (χ0n) is 19.6. The largest absolute Gasteiger partial charge is 0.497 e. The number of imidazole rings is 1. The van der Waals surface area contributed by atoms with Crippen LogP contribution < -0.4 is 15.7 Å². The molecule has 1 heterocycles. The lowest BCUT2D eigenvalue weighted by molar-refractivity contribution is -0.138. The number of carbonyl (C=O) groups is 1. The summed E-state index contributed by atoms with van der Waals surface area (Å²) in [6.07, 6.45) is -5.36. The number of H-pyrrole nitrogens is 1. The molecule has 1 unspecified atom stereocenters. The van der Waals surface area contributed by atoms with Gasteiger partial charge in [-0.05, 0) is 76.7 Å². The molecular formula is C26H20F4IN3O4. The van der Waals surface area contributed by atoms with Gasteiger partial charge in [0.25, 0.3) is 0 Å². The number of halogens is 5. The van der Waals surface area contributed by atoms with E-state index in [4.69, 9.17) is 4.74 Å². The van der Waals surface area contributed by atoms with E-state index in [1.807, 2.05) is 22.6 Å². The lowest BCUT2D eigenvalue weighted by Crippen LogP contribution is -2.34. The summed E-state index contributed by atoms with van der Waals surface area (Å²) in [6.45, 7) is 0. The van der Waals surface area contributed by atoms with Gasteiger partial charge in [0, 0.05) is 15.6 Å². The van der Waals surface area contributed by atoms with E-state index in [0.717, 1.165) is 12.1 Å². The van der Waals surface area contributed by atoms with Crippen molar-refractivity contribution in [3.05, 3.63) is 97.7 Å². The van der Waals surface area contributed by atoms with Crippen LogP contribution in [0.2, 0.25) is 0 Å². The molecule has 0 spiro atoms. The topological polar surface area (TPSA) is 96.4 Å². The van der Waals surface area contributed by atoms with Crippen LogP contribution in [-0.2, 0) is 17.4 Å². The van der Waals surface area contributed by atoms with E-state index < -0.39 is 47.5 Å². The maximum atomic E-state index is 14.5. The first-order valence-electron chi connectivity index (χ1n) is 11.1. The molecule has 4 rings (SSSR count). The smallest absolute Gasteiger partial charge is 0.416 e. The molecule has 38 heavy (non-hydrogen) atoms. The van der Waals surface area contributed by atoms with Gasteiger partial charge in [0.05, 0.1) is 18.4 Å². The second-order valence-electron chi connectivity index (χ2n) is 8.22. The van der Waals surface area contributed by atoms with E-state index in [-0.39, 0.29) is 16.9 Å². The van der Waals surface area contributed by atoms with Crippen molar-refractivity contribution in [3.8, 4) is 22.9 Å². The highest BCUT2D eigenvalue weighted by Gasteiger charge is 2.36. The Bertz CT molecular complexity index is 1530. The Balaban J connectivity index is 1.81. The molecule has 4 aromatic rings. The second-order valence-corrected chi connectivity index (χ2v) is 9.46. The number of aromatic nitrogens is 2. The number of hydrogen-bond donors (Lipinski definition) is 3. The Kier molecular flexibility index (Phi) is 7.81. The van der Waals surface area contributed by atoms with Crippen LogP contribution in [0.5, 0.6) is 11.6 Å². The van der Waals surface area contributed by atoms with Gasteiger partial charge < -0.3 is 20.1 Å². The molecule has 0 saturated carbocycles. The zero-order chi connectivity index (χ0) is 27.6. The number of carbonyl (C=O) groups excluding carboxylic acids is 1. The van der Waals surface area contributed by atoms with E-state index in [0.29, 0.717) is 19.5 Å². The first-order chi connectivity index (χ1) is 18.0. The second kappa shape index (κ2) is 10.9. The number of anilines is 1. The quantitative estimate of drug-likeness (QED) is 0.177. The molecule has 0 aliphatic rings. The monoisotopic (exact) mass is 641 g/mol. The Morgan fingerprint density at radius 3 is 2.45 bits per heavy atom. The Hall–Kier alpha value is -3.81. The minimum Gasteiger partial charge on any atom is -0.497 e. The van der Waals surface area contributed by atoms with Gasteiger partial charge in [0.2, 0.25) is 11.8 Å². The maximum absolute atomic E-state index is 14.5. The molecule has 0 aliphatic heterocycles. The van der Waals surface area contributed by atoms with Crippen molar-refractivity contribution in [1.82, 2.24) is 9.55 Å². The van der Waals surface area contributed by atoms with Crippen LogP contribution in [-0.4, -0.2) is 27.7 Å². The summed E-state index contributed by atoms with van der Waals surface area (Å²) < 4.78 is 61.9. The number of alkyl halides is 3. The van der Waals surface area contributed by atoms with Gasteiger partial charge >= 0.3 is 11.9 Å². The number of hydrogen-bond acceptors (Lipinski definition) is 4. The summed E-state index contributed by atoms with van der Waals surface area (Å²) in [6, 6.07) is 13.1. The number of amides is 1.